The third-order valence-corrected chi connectivity index (χ3v) is 12.6. The van der Waals surface area contributed by atoms with Crippen molar-refractivity contribution in [1.29, 1.82) is 0 Å². The van der Waals surface area contributed by atoms with Gasteiger partial charge in [-0.05, 0) is 151 Å². The molecule has 0 saturated heterocycles. The lowest BCUT2D eigenvalue weighted by Crippen LogP contribution is -2.33. The molecule has 7 aromatic carbocycles. The lowest BCUT2D eigenvalue weighted by molar-refractivity contribution is 0.406. The molecular weight excluding hydrogens is 577 g/mol. The Morgan fingerprint density at radius 1 is 0.396 bits per heavy atom. The van der Waals surface area contributed by atoms with Gasteiger partial charge in [-0.15, -0.1) is 0 Å². The zero-order chi connectivity index (χ0) is 32.3. The van der Waals surface area contributed by atoms with Gasteiger partial charge in [-0.3, -0.25) is 0 Å². The van der Waals surface area contributed by atoms with Crippen LogP contribution in [0.15, 0.2) is 85.0 Å². The van der Waals surface area contributed by atoms with Crippen LogP contribution in [0.3, 0.4) is 0 Å². The van der Waals surface area contributed by atoms with Crippen LogP contribution in [-0.2, 0) is 0 Å². The molecule has 0 fully saturated rings. The van der Waals surface area contributed by atoms with Crippen LogP contribution in [0.5, 0.6) is 0 Å². The second kappa shape index (κ2) is 8.94. The van der Waals surface area contributed by atoms with Crippen LogP contribution < -0.4 is 0 Å². The van der Waals surface area contributed by atoms with E-state index in [0.717, 1.165) is 0 Å². The quantitative estimate of drug-likeness (QED) is 0.103. The van der Waals surface area contributed by atoms with E-state index < -0.39 is 0 Å². The second-order valence-corrected chi connectivity index (χ2v) is 15.5. The number of benzene rings is 7. The SMILES string of the molecule is Cc1cc(C)c(-c2c3c4c5c6c7c(c(-c8c(C)cc(C)cc8C)c8cccc(c9cccc2c95)c86)C=C[C@H]2C=C[C@@H](C=C3)C4C72)c(C)c1. The van der Waals surface area contributed by atoms with Crippen LogP contribution in [0.25, 0.3) is 77.5 Å². The number of aryl methyl sites for hydroxylation is 6. The molecule has 48 heavy (non-hydrogen) atoms. The molecule has 0 radical (unpaired) electrons. The summed E-state index contributed by atoms with van der Waals surface area (Å²) < 4.78 is 0. The molecule has 11 rings (SSSR count). The number of allylic oxidation sites excluding steroid dienone is 4. The first-order chi connectivity index (χ1) is 23.3. The zero-order valence-electron chi connectivity index (χ0n) is 28.5. The highest BCUT2D eigenvalue weighted by Gasteiger charge is 2.47. The number of hydrogen-bond donors (Lipinski definition) is 0. The van der Waals surface area contributed by atoms with Crippen LogP contribution in [-0.4, -0.2) is 0 Å². The average molecular weight is 615 g/mol. The molecule has 0 heteroatoms. The normalized spacial score (nSPS) is 21.3. The summed E-state index contributed by atoms with van der Waals surface area (Å²) in [7, 11) is 0. The van der Waals surface area contributed by atoms with Gasteiger partial charge in [0.05, 0.1) is 0 Å². The maximum absolute atomic E-state index is 2.54. The second-order valence-electron chi connectivity index (χ2n) is 15.5. The van der Waals surface area contributed by atoms with Crippen molar-refractivity contribution in [2.24, 2.45) is 11.8 Å². The Balaban J connectivity index is 1.45. The van der Waals surface area contributed by atoms with Crippen molar-refractivity contribution in [3.8, 4) is 22.3 Å². The predicted octanol–water partition coefficient (Wildman–Crippen LogP) is 13.0. The molecule has 0 amide bonds. The van der Waals surface area contributed by atoms with E-state index in [1.807, 2.05) is 0 Å². The van der Waals surface area contributed by atoms with Gasteiger partial charge in [-0.1, -0.05) is 108 Å². The van der Waals surface area contributed by atoms with Crippen LogP contribution in [0, 0.1) is 53.4 Å². The van der Waals surface area contributed by atoms with Crippen molar-refractivity contribution in [2.75, 3.05) is 0 Å². The molecule has 0 nitrogen and oxygen atoms in total. The fraction of sp³-hybridized carbons (Fsp3) is 0.208. The summed E-state index contributed by atoms with van der Waals surface area (Å²) in [5, 5.41) is 11.6. The first-order valence-corrected chi connectivity index (χ1v) is 17.8. The van der Waals surface area contributed by atoms with Crippen LogP contribution in [0.4, 0.5) is 0 Å². The van der Waals surface area contributed by atoms with Gasteiger partial charge in [0, 0.05) is 23.7 Å². The van der Waals surface area contributed by atoms with E-state index in [9.17, 15) is 0 Å². The third kappa shape index (κ3) is 3.09. The Labute approximate surface area is 282 Å². The summed E-state index contributed by atoms with van der Waals surface area (Å²) in [6.45, 7) is 13.7. The molecule has 0 bridgehead atoms. The molecule has 0 aromatic heterocycles. The Kier molecular flexibility index (Phi) is 5.04. The summed E-state index contributed by atoms with van der Waals surface area (Å²) in [6, 6.07) is 23.8. The van der Waals surface area contributed by atoms with Crippen molar-refractivity contribution >= 4 is 55.2 Å². The number of hydrogen-bond acceptors (Lipinski definition) is 0. The molecular formula is C48H38. The fourth-order valence-electron chi connectivity index (χ4n) is 11.4. The van der Waals surface area contributed by atoms with Gasteiger partial charge in [0.25, 0.3) is 0 Å². The lowest BCUT2D eigenvalue weighted by Gasteiger charge is -2.48. The molecule has 0 N–H and O–H groups in total. The molecule has 0 heterocycles. The van der Waals surface area contributed by atoms with Crippen LogP contribution >= 0.6 is 0 Å². The summed E-state index contributed by atoms with van der Waals surface area (Å²) >= 11 is 0. The lowest BCUT2D eigenvalue weighted by atomic mass is 9.55. The molecule has 4 aliphatic rings. The molecule has 7 aromatic rings. The largest absolute Gasteiger partial charge is 0.0804 e. The van der Waals surface area contributed by atoms with Gasteiger partial charge in [-0.2, -0.15) is 0 Å². The number of rotatable bonds is 2. The van der Waals surface area contributed by atoms with E-state index in [1.165, 1.54) is 110 Å². The molecule has 0 saturated carbocycles. The van der Waals surface area contributed by atoms with E-state index in [1.54, 1.807) is 11.1 Å². The van der Waals surface area contributed by atoms with Crippen molar-refractivity contribution < 1.29 is 0 Å². The minimum Gasteiger partial charge on any atom is -0.0804 e. The summed E-state index contributed by atoms with van der Waals surface area (Å²) in [5.41, 5.74) is 20.0. The van der Waals surface area contributed by atoms with E-state index >= 15 is 0 Å². The van der Waals surface area contributed by atoms with Gasteiger partial charge in [-0.25, -0.2) is 0 Å². The van der Waals surface area contributed by atoms with E-state index in [2.05, 4.69) is 139 Å². The fourth-order valence-corrected chi connectivity index (χ4v) is 11.4. The van der Waals surface area contributed by atoms with Gasteiger partial charge in [0.1, 0.15) is 0 Å². The van der Waals surface area contributed by atoms with Crippen molar-refractivity contribution in [1.82, 2.24) is 0 Å². The van der Waals surface area contributed by atoms with Gasteiger partial charge < -0.3 is 0 Å². The monoisotopic (exact) mass is 614 g/mol. The Bertz CT molecular complexity index is 2510. The van der Waals surface area contributed by atoms with E-state index in [0.29, 0.717) is 23.7 Å². The predicted molar refractivity (Wildman–Crippen MR) is 207 cm³/mol. The highest BCUT2D eigenvalue weighted by atomic mass is 14.5. The molecule has 4 atom stereocenters. The Morgan fingerprint density at radius 2 is 0.771 bits per heavy atom. The third-order valence-electron chi connectivity index (χ3n) is 12.6. The van der Waals surface area contributed by atoms with Gasteiger partial charge in [0.15, 0.2) is 0 Å². The standard InChI is InChI=1S/C48H38/c1-23-19-25(3)37(26(4)20-23)43-33-11-7-9-31-32-10-8-12-34-42(32)48-46-36(44(34)38-27(5)21-24(2)22-28(38)6)18-16-30-14-13-29-15-17-35(43)45(39(29)40(30)46)47(48)41(31)33/h7-22,29-30,39-40H,1-6H3/t29-,30+,39?,40?. The first-order valence-electron chi connectivity index (χ1n) is 17.8. The molecule has 230 valence electrons. The van der Waals surface area contributed by atoms with Crippen LogP contribution in [0.1, 0.15) is 67.5 Å². The maximum atomic E-state index is 2.54. The molecule has 4 aliphatic carbocycles. The van der Waals surface area contributed by atoms with Gasteiger partial charge >= 0.3 is 0 Å². The molecule has 0 aliphatic heterocycles. The maximum Gasteiger partial charge on any atom is 0.00264 e. The van der Waals surface area contributed by atoms with E-state index in [4.69, 9.17) is 0 Å². The minimum atomic E-state index is 0.402. The Morgan fingerprint density at radius 3 is 1.17 bits per heavy atom. The highest BCUT2D eigenvalue weighted by Crippen LogP contribution is 2.65. The molecule has 2 unspecified atom stereocenters. The van der Waals surface area contributed by atoms with Crippen molar-refractivity contribution in [3.63, 3.8) is 0 Å². The van der Waals surface area contributed by atoms with Crippen molar-refractivity contribution in [2.45, 2.75) is 53.4 Å². The van der Waals surface area contributed by atoms with E-state index in [-0.39, 0.29) is 0 Å². The summed E-state index contributed by atoms with van der Waals surface area (Å²) in [6.07, 6.45) is 15.2. The smallest absolute Gasteiger partial charge is 0.00264 e. The molecule has 0 spiro atoms. The number of fused-ring (bicyclic) bond motifs is 1. The summed E-state index contributed by atoms with van der Waals surface area (Å²) in [5.74, 6) is 1.65. The summed E-state index contributed by atoms with van der Waals surface area (Å²) in [4.78, 5) is 0. The van der Waals surface area contributed by atoms with Crippen molar-refractivity contribution in [3.05, 3.63) is 141 Å². The zero-order valence-corrected chi connectivity index (χ0v) is 28.5. The van der Waals surface area contributed by atoms with Crippen LogP contribution in [0.2, 0.25) is 0 Å². The highest BCUT2D eigenvalue weighted by molar-refractivity contribution is 6.38. The average Bonchev–Trinajstić information content (AvgIpc) is 3.06. The Hall–Kier alpha value is -4.94. The van der Waals surface area contributed by atoms with Gasteiger partial charge in [0.2, 0.25) is 0 Å². The minimum absolute atomic E-state index is 0.402. The first kappa shape index (κ1) is 27.1. The topological polar surface area (TPSA) is 0 Å².